The SMILES string of the molecule is O=C1C=C(c2ccc(Br)cc2)C=C2Sc3ccc(-c4ccc(Br)cc4)cc3S(O)(O)C12. The third-order valence-corrected chi connectivity index (χ3v) is 9.92. The minimum atomic E-state index is -3.34. The van der Waals surface area contributed by atoms with Crippen LogP contribution in [0.4, 0.5) is 0 Å². The summed E-state index contributed by atoms with van der Waals surface area (Å²) in [6.07, 6.45) is 3.43. The Kier molecular flexibility index (Phi) is 5.53. The molecule has 2 aliphatic rings. The van der Waals surface area contributed by atoms with Crippen LogP contribution >= 0.6 is 54.2 Å². The fraction of sp³-hybridized carbons (Fsp3) is 0.0417. The summed E-state index contributed by atoms with van der Waals surface area (Å²) in [7, 11) is -3.34. The molecule has 3 nitrogen and oxygen atoms in total. The lowest BCUT2D eigenvalue weighted by molar-refractivity contribution is -0.113. The number of carbonyl (C=O) groups excluding carboxylic acids is 1. The lowest BCUT2D eigenvalue weighted by Crippen LogP contribution is -2.32. The van der Waals surface area contributed by atoms with Gasteiger partial charge in [-0.25, -0.2) is 0 Å². The molecule has 0 amide bonds. The number of carbonyl (C=O) groups is 1. The summed E-state index contributed by atoms with van der Waals surface area (Å²) in [4.78, 5) is 14.9. The number of benzene rings is 3. The van der Waals surface area contributed by atoms with Gasteiger partial charge in [0, 0.05) is 18.7 Å². The highest BCUT2D eigenvalue weighted by Crippen LogP contribution is 2.65. The molecule has 0 bridgehead atoms. The summed E-state index contributed by atoms with van der Waals surface area (Å²) < 4.78 is 24.4. The Balaban J connectivity index is 1.56. The highest BCUT2D eigenvalue weighted by molar-refractivity contribution is 9.10. The summed E-state index contributed by atoms with van der Waals surface area (Å²) >= 11 is 8.30. The molecule has 0 saturated carbocycles. The van der Waals surface area contributed by atoms with Gasteiger partial charge in [0.15, 0.2) is 5.78 Å². The van der Waals surface area contributed by atoms with E-state index in [0.717, 1.165) is 36.1 Å². The van der Waals surface area contributed by atoms with E-state index in [0.29, 0.717) is 9.80 Å². The Labute approximate surface area is 202 Å². The minimum Gasteiger partial charge on any atom is -0.294 e. The first-order valence-corrected chi connectivity index (χ1v) is 13.4. The van der Waals surface area contributed by atoms with Gasteiger partial charge in [0.05, 0.1) is 4.90 Å². The molecular formula is C24H16Br2O3S2. The van der Waals surface area contributed by atoms with Crippen molar-refractivity contribution >= 4 is 65.6 Å². The molecule has 3 aromatic rings. The largest absolute Gasteiger partial charge is 0.294 e. The van der Waals surface area contributed by atoms with Crippen LogP contribution in [0.3, 0.4) is 0 Å². The first-order valence-electron chi connectivity index (χ1n) is 9.41. The predicted octanol–water partition coefficient (Wildman–Crippen LogP) is 8.01. The van der Waals surface area contributed by atoms with E-state index in [4.69, 9.17) is 0 Å². The normalized spacial score (nSPS) is 20.3. The highest BCUT2D eigenvalue weighted by Gasteiger charge is 2.43. The van der Waals surface area contributed by atoms with E-state index in [1.807, 2.05) is 66.7 Å². The predicted molar refractivity (Wildman–Crippen MR) is 136 cm³/mol. The van der Waals surface area contributed by atoms with E-state index in [2.05, 4.69) is 31.9 Å². The molecular weight excluding hydrogens is 560 g/mol. The van der Waals surface area contributed by atoms with Gasteiger partial charge in [-0.05, 0) is 70.8 Å². The van der Waals surface area contributed by atoms with Crippen LogP contribution in [0.2, 0.25) is 0 Å². The van der Waals surface area contributed by atoms with Crippen molar-refractivity contribution in [2.75, 3.05) is 0 Å². The molecule has 156 valence electrons. The molecule has 0 fully saturated rings. The molecule has 5 rings (SSSR count). The molecule has 2 N–H and O–H groups in total. The average Bonchev–Trinajstić information content (AvgIpc) is 2.74. The second-order valence-corrected chi connectivity index (χ2v) is 12.3. The second-order valence-electron chi connectivity index (χ2n) is 7.30. The van der Waals surface area contributed by atoms with E-state index in [1.165, 1.54) is 17.8 Å². The van der Waals surface area contributed by atoms with Gasteiger partial charge in [0.1, 0.15) is 5.25 Å². The van der Waals surface area contributed by atoms with Gasteiger partial charge in [0.2, 0.25) is 0 Å². The van der Waals surface area contributed by atoms with Crippen LogP contribution in [0.5, 0.6) is 0 Å². The Morgan fingerprint density at radius 3 is 2.00 bits per heavy atom. The first kappa shape index (κ1) is 21.2. The topological polar surface area (TPSA) is 57.5 Å². The third-order valence-electron chi connectivity index (χ3n) is 5.29. The van der Waals surface area contributed by atoms with Crippen molar-refractivity contribution in [1.82, 2.24) is 0 Å². The highest BCUT2D eigenvalue weighted by atomic mass is 79.9. The van der Waals surface area contributed by atoms with Crippen LogP contribution in [0.25, 0.3) is 16.7 Å². The number of halogens is 2. The van der Waals surface area contributed by atoms with Crippen LogP contribution < -0.4 is 0 Å². The van der Waals surface area contributed by atoms with Crippen molar-refractivity contribution < 1.29 is 13.9 Å². The van der Waals surface area contributed by atoms with E-state index in [-0.39, 0.29) is 5.78 Å². The van der Waals surface area contributed by atoms with Crippen molar-refractivity contribution in [3.8, 4) is 11.1 Å². The maximum atomic E-state index is 13.1. The monoisotopic (exact) mass is 574 g/mol. The zero-order chi connectivity index (χ0) is 21.8. The molecule has 0 radical (unpaired) electrons. The summed E-state index contributed by atoms with van der Waals surface area (Å²) in [5, 5.41) is -0.954. The number of fused-ring (bicyclic) bond motifs is 2. The van der Waals surface area contributed by atoms with Crippen LogP contribution in [-0.4, -0.2) is 20.1 Å². The molecule has 7 heteroatoms. The van der Waals surface area contributed by atoms with E-state index in [9.17, 15) is 13.9 Å². The molecule has 3 aromatic carbocycles. The Morgan fingerprint density at radius 1 is 0.774 bits per heavy atom. The number of hydrogen-bond acceptors (Lipinski definition) is 4. The molecule has 0 aromatic heterocycles. The van der Waals surface area contributed by atoms with Crippen molar-refractivity contribution in [3.05, 3.63) is 98.3 Å². The average molecular weight is 576 g/mol. The Bertz CT molecular complexity index is 1260. The molecule has 1 aliphatic heterocycles. The molecule has 31 heavy (non-hydrogen) atoms. The number of ketones is 1. The van der Waals surface area contributed by atoms with Crippen LogP contribution in [0, 0.1) is 0 Å². The lowest BCUT2D eigenvalue weighted by Gasteiger charge is -2.45. The Hall–Kier alpha value is -1.61. The fourth-order valence-corrected chi connectivity index (χ4v) is 7.99. The number of hydrogen-bond donors (Lipinski definition) is 2. The summed E-state index contributed by atoms with van der Waals surface area (Å²) in [6.45, 7) is 0. The van der Waals surface area contributed by atoms with Crippen molar-refractivity contribution in [2.24, 2.45) is 0 Å². The van der Waals surface area contributed by atoms with Gasteiger partial charge >= 0.3 is 0 Å². The second kappa shape index (κ2) is 8.06. The molecule has 1 aliphatic carbocycles. The van der Waals surface area contributed by atoms with Crippen molar-refractivity contribution in [1.29, 1.82) is 0 Å². The molecule has 1 heterocycles. The van der Waals surface area contributed by atoms with Crippen LogP contribution in [0.15, 0.2) is 103 Å². The summed E-state index contributed by atoms with van der Waals surface area (Å²) in [5.41, 5.74) is 3.55. The van der Waals surface area contributed by atoms with Gasteiger partial charge < -0.3 is 0 Å². The first-order chi connectivity index (χ1) is 14.8. The Morgan fingerprint density at radius 2 is 1.35 bits per heavy atom. The van der Waals surface area contributed by atoms with Gasteiger partial charge in [-0.2, -0.15) is 10.6 Å². The van der Waals surface area contributed by atoms with E-state index < -0.39 is 15.8 Å². The molecule has 1 atom stereocenters. The number of thioether (sulfide) groups is 1. The smallest absolute Gasteiger partial charge is 0.183 e. The standard InChI is InChI=1S/C24H16Br2O3S2/c25-18-6-1-14(2-7-18)16-5-10-21-23(13-16)31(28,29)24-20(27)11-17(12-22(24)30-21)15-3-8-19(26)9-4-15/h1-13,24,28-29H. The minimum absolute atomic E-state index is 0.275. The van der Waals surface area contributed by atoms with Crippen molar-refractivity contribution in [3.63, 3.8) is 0 Å². The van der Waals surface area contributed by atoms with Gasteiger partial charge in [-0.3, -0.25) is 13.9 Å². The van der Waals surface area contributed by atoms with Gasteiger partial charge in [-0.1, -0.05) is 74.0 Å². The lowest BCUT2D eigenvalue weighted by atomic mass is 9.98. The van der Waals surface area contributed by atoms with Crippen molar-refractivity contribution in [2.45, 2.75) is 15.0 Å². The fourth-order valence-electron chi connectivity index (χ4n) is 3.76. The number of rotatable bonds is 2. The van der Waals surface area contributed by atoms with Crippen LogP contribution in [-0.2, 0) is 4.79 Å². The molecule has 1 unspecified atom stereocenters. The summed E-state index contributed by atoms with van der Waals surface area (Å²) in [5.74, 6) is -0.275. The quantitative estimate of drug-likeness (QED) is 0.325. The van der Waals surface area contributed by atoms with E-state index in [1.54, 1.807) is 6.07 Å². The zero-order valence-electron chi connectivity index (χ0n) is 16.0. The van der Waals surface area contributed by atoms with Crippen LogP contribution in [0.1, 0.15) is 5.56 Å². The molecule has 0 spiro atoms. The van der Waals surface area contributed by atoms with Gasteiger partial charge in [-0.15, -0.1) is 0 Å². The summed E-state index contributed by atoms with van der Waals surface area (Å²) in [6, 6.07) is 21.2. The van der Waals surface area contributed by atoms with Gasteiger partial charge in [0.25, 0.3) is 0 Å². The van der Waals surface area contributed by atoms with E-state index >= 15 is 0 Å². The zero-order valence-corrected chi connectivity index (χ0v) is 20.8. The maximum Gasteiger partial charge on any atom is 0.183 e. The maximum absolute atomic E-state index is 13.1. The molecule has 0 saturated heterocycles. The number of allylic oxidation sites excluding steroid dienone is 3. The third kappa shape index (κ3) is 3.88.